The highest BCUT2D eigenvalue weighted by Crippen LogP contribution is 2.49. The Bertz CT molecular complexity index is 3270. The number of hydrogen-bond acceptors (Lipinski definition) is 0. The fraction of sp³-hybridized carbons (Fsp3) is 0.0345. The lowest BCUT2D eigenvalue weighted by molar-refractivity contribution is 1.26. The Morgan fingerprint density at radius 2 is 0.776 bits per heavy atom. The molecule has 0 atom stereocenters. The maximum absolute atomic E-state index is 2.44. The summed E-state index contributed by atoms with van der Waals surface area (Å²) in [5.41, 5.74) is 23.6. The molecule has 0 unspecified atom stereocenters. The summed E-state index contributed by atoms with van der Waals surface area (Å²) in [7, 11) is 0. The smallest absolute Gasteiger partial charge is 0.000705 e. The fourth-order valence-corrected chi connectivity index (χ4v) is 10.0. The van der Waals surface area contributed by atoms with Crippen LogP contribution in [0.15, 0.2) is 206 Å². The molecule has 0 heteroatoms. The molecule has 2 aliphatic carbocycles. The van der Waals surface area contributed by atoms with E-state index in [4.69, 9.17) is 0 Å². The first-order valence-electron chi connectivity index (χ1n) is 20.4. The van der Waals surface area contributed by atoms with Crippen molar-refractivity contribution >= 4 is 21.5 Å². The average Bonchev–Trinajstić information content (AvgIpc) is 3.86. The quantitative estimate of drug-likeness (QED) is 0.165. The van der Waals surface area contributed by atoms with Gasteiger partial charge in [-0.2, -0.15) is 0 Å². The van der Waals surface area contributed by atoms with Crippen LogP contribution in [0.2, 0.25) is 0 Å². The van der Waals surface area contributed by atoms with Gasteiger partial charge in [0.1, 0.15) is 0 Å². The van der Waals surface area contributed by atoms with Crippen LogP contribution in [0.3, 0.4) is 0 Å². The Morgan fingerprint density at radius 1 is 0.241 bits per heavy atom. The normalized spacial score (nSPS) is 12.3. The van der Waals surface area contributed by atoms with Crippen molar-refractivity contribution in [1.29, 1.82) is 0 Å². The van der Waals surface area contributed by atoms with Crippen molar-refractivity contribution in [3.05, 3.63) is 229 Å². The molecule has 2 aliphatic rings. The molecule has 0 fully saturated rings. The second kappa shape index (κ2) is 13.2. The van der Waals surface area contributed by atoms with Crippen LogP contribution in [0, 0.1) is 0 Å². The van der Waals surface area contributed by atoms with E-state index in [0.717, 1.165) is 12.8 Å². The van der Waals surface area contributed by atoms with E-state index in [0.29, 0.717) is 0 Å². The predicted octanol–water partition coefficient (Wildman–Crippen LogP) is 15.5. The van der Waals surface area contributed by atoms with Crippen LogP contribution in [0.4, 0.5) is 0 Å². The number of rotatable bonds is 5. The van der Waals surface area contributed by atoms with E-state index >= 15 is 0 Å². The van der Waals surface area contributed by atoms with E-state index < -0.39 is 0 Å². The molecular formula is C58H38. The third-order valence-electron chi connectivity index (χ3n) is 12.7. The molecule has 0 radical (unpaired) electrons. The Hall–Kier alpha value is -7.28. The summed E-state index contributed by atoms with van der Waals surface area (Å²) in [4.78, 5) is 0. The van der Waals surface area contributed by atoms with Gasteiger partial charge in [0, 0.05) is 0 Å². The Labute approximate surface area is 339 Å². The van der Waals surface area contributed by atoms with Gasteiger partial charge in [0.25, 0.3) is 0 Å². The molecule has 270 valence electrons. The van der Waals surface area contributed by atoms with Crippen LogP contribution in [0.25, 0.3) is 99.4 Å². The van der Waals surface area contributed by atoms with E-state index in [-0.39, 0.29) is 0 Å². The minimum Gasteiger partial charge on any atom is -0.0622 e. The molecule has 12 rings (SSSR count). The molecule has 10 aromatic carbocycles. The van der Waals surface area contributed by atoms with Crippen molar-refractivity contribution in [2.45, 2.75) is 12.8 Å². The molecule has 58 heavy (non-hydrogen) atoms. The fourth-order valence-electron chi connectivity index (χ4n) is 10.0. The van der Waals surface area contributed by atoms with Gasteiger partial charge < -0.3 is 0 Å². The minimum absolute atomic E-state index is 0.932. The second-order valence-corrected chi connectivity index (χ2v) is 16.0. The molecule has 0 aromatic heterocycles. The largest absolute Gasteiger partial charge is 0.0622 e. The standard InChI is InChI=1S/C58H38/c1-2-14-37(15-3-1)49-28-29-50(53-24-12-11-23-52(49)53)45-32-43(38-26-27-42-30-39-16-4-7-19-46(39)55(42)34-38)31-44(33-45)48-21-10-13-25-54(48)58-51-22-9-6-18-41(51)35-56-47-20-8-5-17-40(47)36-57(56)58/h1-29,31-35H,30,36H2. The van der Waals surface area contributed by atoms with Crippen molar-refractivity contribution in [2.75, 3.05) is 0 Å². The molecular weight excluding hydrogens is 697 g/mol. The van der Waals surface area contributed by atoms with Crippen molar-refractivity contribution in [3.8, 4) is 77.9 Å². The zero-order valence-corrected chi connectivity index (χ0v) is 32.0. The molecule has 0 saturated heterocycles. The summed E-state index contributed by atoms with van der Waals surface area (Å²) in [6.45, 7) is 0. The maximum atomic E-state index is 2.44. The zero-order valence-electron chi connectivity index (χ0n) is 32.0. The zero-order chi connectivity index (χ0) is 38.2. The maximum Gasteiger partial charge on any atom is -0.000705 e. The van der Waals surface area contributed by atoms with Gasteiger partial charge in [-0.15, -0.1) is 0 Å². The van der Waals surface area contributed by atoms with E-state index in [1.54, 1.807) is 0 Å². The van der Waals surface area contributed by atoms with Crippen LogP contribution in [-0.4, -0.2) is 0 Å². The third-order valence-corrected chi connectivity index (χ3v) is 12.7. The molecule has 0 heterocycles. The second-order valence-electron chi connectivity index (χ2n) is 16.0. The van der Waals surface area contributed by atoms with Gasteiger partial charge in [0.2, 0.25) is 0 Å². The van der Waals surface area contributed by atoms with Crippen molar-refractivity contribution in [1.82, 2.24) is 0 Å². The van der Waals surface area contributed by atoms with E-state index in [9.17, 15) is 0 Å². The van der Waals surface area contributed by atoms with Crippen LogP contribution < -0.4 is 0 Å². The lowest BCUT2D eigenvalue weighted by atomic mass is 9.84. The van der Waals surface area contributed by atoms with Gasteiger partial charge in [0.05, 0.1) is 0 Å². The number of benzene rings is 10. The first kappa shape index (κ1) is 32.9. The molecule has 0 bridgehead atoms. The number of hydrogen-bond donors (Lipinski definition) is 0. The predicted molar refractivity (Wildman–Crippen MR) is 245 cm³/mol. The highest BCUT2D eigenvalue weighted by molar-refractivity contribution is 6.08. The monoisotopic (exact) mass is 734 g/mol. The first-order valence-corrected chi connectivity index (χ1v) is 20.4. The lowest BCUT2D eigenvalue weighted by Crippen LogP contribution is -1.94. The molecule has 0 spiro atoms. The highest BCUT2D eigenvalue weighted by atomic mass is 14.3. The van der Waals surface area contributed by atoms with Gasteiger partial charge in [0.15, 0.2) is 0 Å². The Kier molecular flexibility index (Phi) is 7.46. The molecule has 0 N–H and O–H groups in total. The van der Waals surface area contributed by atoms with Crippen LogP contribution in [0.1, 0.15) is 22.3 Å². The van der Waals surface area contributed by atoms with Crippen molar-refractivity contribution in [3.63, 3.8) is 0 Å². The summed E-state index contributed by atoms with van der Waals surface area (Å²) in [5, 5.41) is 5.10. The average molecular weight is 735 g/mol. The molecule has 0 aliphatic heterocycles. The third kappa shape index (κ3) is 5.22. The van der Waals surface area contributed by atoms with Gasteiger partial charge in [-0.25, -0.2) is 0 Å². The lowest BCUT2D eigenvalue weighted by Gasteiger charge is -2.19. The molecule has 0 nitrogen and oxygen atoms in total. The summed E-state index contributed by atoms with van der Waals surface area (Å²) in [6.07, 6.45) is 1.92. The van der Waals surface area contributed by atoms with Crippen molar-refractivity contribution < 1.29 is 0 Å². The van der Waals surface area contributed by atoms with E-state index in [2.05, 4.69) is 206 Å². The van der Waals surface area contributed by atoms with Crippen LogP contribution >= 0.6 is 0 Å². The van der Waals surface area contributed by atoms with Gasteiger partial charge >= 0.3 is 0 Å². The topological polar surface area (TPSA) is 0 Å². The molecule has 0 amide bonds. The summed E-state index contributed by atoms with van der Waals surface area (Å²) < 4.78 is 0. The number of fused-ring (bicyclic) bond motifs is 8. The van der Waals surface area contributed by atoms with Gasteiger partial charge in [-0.3, -0.25) is 0 Å². The summed E-state index contributed by atoms with van der Waals surface area (Å²) >= 11 is 0. The Morgan fingerprint density at radius 3 is 1.53 bits per heavy atom. The summed E-state index contributed by atoms with van der Waals surface area (Å²) in [6, 6.07) is 77.1. The van der Waals surface area contributed by atoms with E-state index in [1.807, 2.05) is 0 Å². The first-order chi connectivity index (χ1) is 28.7. The summed E-state index contributed by atoms with van der Waals surface area (Å²) in [5.74, 6) is 0. The molecule has 10 aromatic rings. The Balaban J connectivity index is 1.11. The molecule has 0 saturated carbocycles. The van der Waals surface area contributed by atoms with Crippen LogP contribution in [-0.2, 0) is 12.8 Å². The van der Waals surface area contributed by atoms with Gasteiger partial charge in [-0.05, 0) is 165 Å². The highest BCUT2D eigenvalue weighted by Gasteiger charge is 2.26. The SMILES string of the molecule is c1ccc(-c2ccc(-c3cc(-c4ccc5c(c4)-c4ccccc4C5)cc(-c4ccccc4-c4c5c(cc6ccccc46)-c4ccccc4C5)c3)c3ccccc23)cc1. The minimum atomic E-state index is 0.932. The van der Waals surface area contributed by atoms with Crippen LogP contribution in [0.5, 0.6) is 0 Å². The van der Waals surface area contributed by atoms with Gasteiger partial charge in [-0.1, -0.05) is 176 Å². The van der Waals surface area contributed by atoms with Crippen molar-refractivity contribution in [2.24, 2.45) is 0 Å². The van der Waals surface area contributed by atoms with E-state index in [1.165, 1.54) is 122 Å².